The molecule has 150 valence electrons. The zero-order valence-corrected chi connectivity index (χ0v) is 17.3. The van der Waals surface area contributed by atoms with Crippen molar-refractivity contribution < 1.29 is 19.2 Å². The number of quaternary nitrogens is 1. The highest BCUT2D eigenvalue weighted by atomic mass is 16.5. The molecule has 1 aromatic carbocycles. The molecule has 1 aromatic rings. The normalized spacial score (nSPS) is 16.0. The van der Waals surface area contributed by atoms with Gasteiger partial charge in [0.1, 0.15) is 18.6 Å². The van der Waals surface area contributed by atoms with E-state index < -0.39 is 0 Å². The molecule has 0 spiro atoms. The van der Waals surface area contributed by atoms with Crippen LogP contribution in [0.25, 0.3) is 0 Å². The van der Waals surface area contributed by atoms with E-state index in [9.17, 15) is 9.59 Å². The van der Waals surface area contributed by atoms with Gasteiger partial charge in [-0.2, -0.15) is 0 Å². The number of benzene rings is 1. The zero-order chi connectivity index (χ0) is 20.1. The maximum Gasteiger partial charge on any atom is 0.251 e. The number of amides is 2. The van der Waals surface area contributed by atoms with Crippen molar-refractivity contribution in [3.8, 4) is 0 Å². The van der Waals surface area contributed by atoms with Gasteiger partial charge < -0.3 is 20.3 Å². The van der Waals surface area contributed by atoms with Gasteiger partial charge in [-0.1, -0.05) is 32.9 Å². The summed E-state index contributed by atoms with van der Waals surface area (Å²) >= 11 is 0. The number of hydrogen-bond acceptors (Lipinski definition) is 3. The third kappa shape index (κ3) is 6.33. The summed E-state index contributed by atoms with van der Waals surface area (Å²) in [5.41, 5.74) is 1.72. The second kappa shape index (κ2) is 8.85. The van der Waals surface area contributed by atoms with E-state index in [1.165, 1.54) is 10.5 Å². The summed E-state index contributed by atoms with van der Waals surface area (Å²) in [6.07, 6.45) is 0. The Morgan fingerprint density at radius 2 is 1.59 bits per heavy atom. The Labute approximate surface area is 162 Å². The SMILES string of the molecule is CC(C)(C)c1ccc(C(=O)NCC(=O)NCC(C)(C)[NH+]2CCOCC2)cc1. The largest absolute Gasteiger partial charge is 0.370 e. The van der Waals surface area contributed by atoms with Crippen molar-refractivity contribution in [3.63, 3.8) is 0 Å². The minimum atomic E-state index is -0.233. The zero-order valence-electron chi connectivity index (χ0n) is 17.3. The van der Waals surface area contributed by atoms with Gasteiger partial charge in [-0.3, -0.25) is 9.59 Å². The van der Waals surface area contributed by atoms with Gasteiger partial charge in [-0.25, -0.2) is 0 Å². The molecule has 27 heavy (non-hydrogen) atoms. The molecule has 2 amide bonds. The summed E-state index contributed by atoms with van der Waals surface area (Å²) in [5, 5.41) is 5.64. The van der Waals surface area contributed by atoms with E-state index in [1.807, 2.05) is 12.1 Å². The second-order valence-corrected chi connectivity index (χ2v) is 8.89. The number of carbonyl (C=O) groups excluding carboxylic acids is 2. The van der Waals surface area contributed by atoms with Crippen LogP contribution in [0.5, 0.6) is 0 Å². The Kier molecular flexibility index (Phi) is 7.00. The molecule has 0 aromatic heterocycles. The quantitative estimate of drug-likeness (QED) is 0.678. The van der Waals surface area contributed by atoms with Crippen molar-refractivity contribution >= 4 is 11.8 Å². The number of ether oxygens (including phenoxy) is 1. The highest BCUT2D eigenvalue weighted by Crippen LogP contribution is 2.22. The molecule has 2 rings (SSSR count). The molecule has 0 radical (unpaired) electrons. The first-order valence-corrected chi connectivity index (χ1v) is 9.68. The van der Waals surface area contributed by atoms with Crippen molar-refractivity contribution in [2.24, 2.45) is 0 Å². The predicted molar refractivity (Wildman–Crippen MR) is 106 cm³/mol. The number of morpholine rings is 1. The summed E-state index contributed by atoms with van der Waals surface area (Å²) in [5.74, 6) is -0.404. The molecule has 0 aliphatic carbocycles. The van der Waals surface area contributed by atoms with Gasteiger partial charge in [0, 0.05) is 5.56 Å². The van der Waals surface area contributed by atoms with Crippen LogP contribution < -0.4 is 15.5 Å². The fraction of sp³-hybridized carbons (Fsp3) is 0.619. The lowest BCUT2D eigenvalue weighted by molar-refractivity contribution is -0.954. The van der Waals surface area contributed by atoms with Gasteiger partial charge in [-0.05, 0) is 37.0 Å². The molecule has 3 N–H and O–H groups in total. The predicted octanol–water partition coefficient (Wildman–Crippen LogP) is 0.524. The lowest BCUT2D eigenvalue weighted by Gasteiger charge is -2.37. The molecular formula is C21H34N3O3+. The van der Waals surface area contributed by atoms with E-state index in [0.717, 1.165) is 26.3 Å². The number of nitrogens with one attached hydrogen (secondary N) is 3. The Balaban J connectivity index is 1.78. The van der Waals surface area contributed by atoms with E-state index >= 15 is 0 Å². The van der Waals surface area contributed by atoms with Crippen LogP contribution in [0.1, 0.15) is 50.5 Å². The van der Waals surface area contributed by atoms with Crippen molar-refractivity contribution in [3.05, 3.63) is 35.4 Å². The molecule has 1 aliphatic heterocycles. The molecule has 1 saturated heterocycles. The van der Waals surface area contributed by atoms with Crippen LogP contribution in [-0.4, -0.2) is 56.7 Å². The molecule has 0 unspecified atom stereocenters. The summed E-state index contributed by atoms with van der Waals surface area (Å²) in [6, 6.07) is 7.53. The highest BCUT2D eigenvalue weighted by molar-refractivity contribution is 5.96. The van der Waals surface area contributed by atoms with Gasteiger partial charge in [0.25, 0.3) is 5.91 Å². The van der Waals surface area contributed by atoms with Crippen molar-refractivity contribution in [1.29, 1.82) is 0 Å². The lowest BCUT2D eigenvalue weighted by atomic mass is 9.87. The summed E-state index contributed by atoms with van der Waals surface area (Å²) in [6.45, 7) is 14.6. The number of hydrogen-bond donors (Lipinski definition) is 3. The first-order chi connectivity index (χ1) is 12.6. The number of carbonyl (C=O) groups is 2. The van der Waals surface area contributed by atoms with Crippen molar-refractivity contribution in [2.75, 3.05) is 39.4 Å². The molecule has 1 aliphatic rings. The molecule has 0 bridgehead atoms. The van der Waals surface area contributed by atoms with Crippen LogP contribution in [0.2, 0.25) is 0 Å². The van der Waals surface area contributed by atoms with Crippen LogP contribution in [0.15, 0.2) is 24.3 Å². The highest BCUT2D eigenvalue weighted by Gasteiger charge is 2.32. The standard InChI is InChI=1S/C21H33N3O3/c1-20(2,3)17-8-6-16(7-9-17)19(26)22-14-18(25)23-15-21(4,5)24-10-12-27-13-11-24/h6-9H,10-15H2,1-5H3,(H,22,26)(H,23,25)/p+1. The van der Waals surface area contributed by atoms with Crippen molar-refractivity contribution in [1.82, 2.24) is 10.6 Å². The molecule has 1 fully saturated rings. The molecule has 0 saturated carbocycles. The first-order valence-electron chi connectivity index (χ1n) is 9.68. The Morgan fingerprint density at radius 1 is 1.00 bits per heavy atom. The van der Waals surface area contributed by atoms with Crippen LogP contribution in [-0.2, 0) is 14.9 Å². The summed E-state index contributed by atoms with van der Waals surface area (Å²) in [4.78, 5) is 25.8. The van der Waals surface area contributed by atoms with Gasteiger partial charge >= 0.3 is 0 Å². The van der Waals surface area contributed by atoms with Crippen LogP contribution in [0.3, 0.4) is 0 Å². The fourth-order valence-electron chi connectivity index (χ4n) is 3.19. The smallest absolute Gasteiger partial charge is 0.251 e. The van der Waals surface area contributed by atoms with E-state index in [-0.39, 0.29) is 29.3 Å². The van der Waals surface area contributed by atoms with Gasteiger partial charge in [0.15, 0.2) is 0 Å². The fourth-order valence-corrected chi connectivity index (χ4v) is 3.19. The molecular weight excluding hydrogens is 342 g/mol. The molecule has 6 heteroatoms. The minimum Gasteiger partial charge on any atom is -0.370 e. The summed E-state index contributed by atoms with van der Waals surface area (Å²) < 4.78 is 5.40. The lowest BCUT2D eigenvalue weighted by Crippen LogP contribution is -3.22. The van der Waals surface area contributed by atoms with Crippen LogP contribution in [0.4, 0.5) is 0 Å². The average Bonchev–Trinajstić information content (AvgIpc) is 2.64. The molecule has 1 heterocycles. The van der Waals surface area contributed by atoms with Gasteiger partial charge in [0.2, 0.25) is 5.91 Å². The summed E-state index contributed by atoms with van der Waals surface area (Å²) in [7, 11) is 0. The van der Waals surface area contributed by atoms with E-state index in [1.54, 1.807) is 12.1 Å². The molecule has 6 nitrogen and oxygen atoms in total. The van der Waals surface area contributed by atoms with Crippen LogP contribution in [0, 0.1) is 0 Å². The van der Waals surface area contributed by atoms with Crippen molar-refractivity contribution in [2.45, 2.75) is 45.6 Å². The Morgan fingerprint density at radius 3 is 2.15 bits per heavy atom. The first kappa shape index (κ1) is 21.4. The number of rotatable bonds is 6. The van der Waals surface area contributed by atoms with E-state index in [0.29, 0.717) is 12.1 Å². The van der Waals surface area contributed by atoms with E-state index in [4.69, 9.17) is 4.74 Å². The van der Waals surface area contributed by atoms with Gasteiger partial charge in [-0.15, -0.1) is 0 Å². The molecule has 0 atom stereocenters. The third-order valence-corrected chi connectivity index (χ3v) is 5.20. The van der Waals surface area contributed by atoms with E-state index in [2.05, 4.69) is 45.3 Å². The minimum absolute atomic E-state index is 0.0195. The monoisotopic (exact) mass is 376 g/mol. The Bertz CT molecular complexity index is 642. The Hall–Kier alpha value is -1.92. The maximum atomic E-state index is 12.2. The van der Waals surface area contributed by atoms with Crippen LogP contribution >= 0.6 is 0 Å². The maximum absolute atomic E-state index is 12.2. The average molecular weight is 377 g/mol. The van der Waals surface area contributed by atoms with Gasteiger partial charge in [0.05, 0.1) is 26.3 Å². The second-order valence-electron chi connectivity index (χ2n) is 8.89. The topological polar surface area (TPSA) is 71.9 Å². The third-order valence-electron chi connectivity index (χ3n) is 5.20.